The molecule has 4 heterocycles. The summed E-state index contributed by atoms with van der Waals surface area (Å²) in [6, 6.07) is 6.16. The van der Waals surface area contributed by atoms with Gasteiger partial charge in [-0.25, -0.2) is 9.97 Å². The first kappa shape index (κ1) is 20.5. The lowest BCUT2D eigenvalue weighted by atomic mass is 10.2. The molecule has 0 aliphatic carbocycles. The van der Waals surface area contributed by atoms with Crippen molar-refractivity contribution in [2.45, 2.75) is 27.3 Å². The number of nitrogens with zero attached hydrogens (tertiary/aromatic N) is 6. The van der Waals surface area contributed by atoms with Gasteiger partial charge in [0.25, 0.3) is 5.91 Å². The number of ether oxygens (including phenoxy) is 1. The van der Waals surface area contributed by atoms with E-state index in [-0.39, 0.29) is 5.91 Å². The molecule has 9 nitrogen and oxygen atoms in total. The summed E-state index contributed by atoms with van der Waals surface area (Å²) in [7, 11) is 1.77. The van der Waals surface area contributed by atoms with E-state index in [1.807, 2.05) is 19.1 Å². The van der Waals surface area contributed by atoms with Gasteiger partial charge in [0.05, 0.1) is 35.3 Å². The minimum atomic E-state index is -0.251. The normalized spacial score (nSPS) is 11.3. The first-order valence-corrected chi connectivity index (χ1v) is 10.2. The Hall–Kier alpha value is -3.75. The molecule has 0 unspecified atom stereocenters. The second-order valence-electron chi connectivity index (χ2n) is 7.68. The Morgan fingerprint density at radius 1 is 1.23 bits per heavy atom. The lowest BCUT2D eigenvalue weighted by Crippen LogP contribution is -2.12. The Bertz CT molecular complexity index is 1230. The van der Waals surface area contributed by atoms with Crippen LogP contribution in [0, 0.1) is 5.92 Å². The minimum absolute atomic E-state index is 0.251. The number of aromatic nitrogens is 6. The average molecular weight is 419 g/mol. The number of anilines is 1. The largest absolute Gasteiger partial charge is 0.464 e. The standard InChI is InChI=1S/C22H25N7O2/c1-5-31-22-23-7-6-17(26-22)19-8-15-10-24-20(9-18(15)29(19)12-14(2)3)27-21(30)16-11-25-28(4)13-16/h6-11,13-14H,5,12H2,1-4H3,(H,24,27,30). The number of hydrogen-bond donors (Lipinski definition) is 1. The number of rotatable bonds is 7. The monoisotopic (exact) mass is 419 g/mol. The molecular formula is C22H25N7O2. The van der Waals surface area contributed by atoms with E-state index in [9.17, 15) is 4.79 Å². The Labute approximate surface area is 180 Å². The molecule has 0 aliphatic rings. The molecule has 31 heavy (non-hydrogen) atoms. The molecule has 1 N–H and O–H groups in total. The number of pyridine rings is 1. The highest BCUT2D eigenvalue weighted by atomic mass is 16.5. The quantitative estimate of drug-likeness (QED) is 0.492. The van der Waals surface area contributed by atoms with E-state index in [0.29, 0.717) is 29.9 Å². The zero-order chi connectivity index (χ0) is 22.0. The molecule has 0 radical (unpaired) electrons. The van der Waals surface area contributed by atoms with E-state index >= 15 is 0 Å². The van der Waals surface area contributed by atoms with Crippen molar-refractivity contribution in [3.63, 3.8) is 0 Å². The van der Waals surface area contributed by atoms with Crippen LogP contribution in [0.5, 0.6) is 6.01 Å². The van der Waals surface area contributed by atoms with Crippen LogP contribution in [-0.4, -0.2) is 41.8 Å². The van der Waals surface area contributed by atoms with Crippen molar-refractivity contribution in [3.05, 3.63) is 48.5 Å². The van der Waals surface area contributed by atoms with Crippen molar-refractivity contribution >= 4 is 22.6 Å². The summed E-state index contributed by atoms with van der Waals surface area (Å²) < 4.78 is 9.25. The van der Waals surface area contributed by atoms with Gasteiger partial charge in [0.15, 0.2) is 0 Å². The number of carbonyl (C=O) groups is 1. The van der Waals surface area contributed by atoms with Crippen molar-refractivity contribution in [3.8, 4) is 17.4 Å². The molecule has 0 aromatic carbocycles. The SMILES string of the molecule is CCOc1nccc(-c2cc3cnc(NC(=O)c4cnn(C)c4)cc3n2CC(C)C)n1. The maximum Gasteiger partial charge on any atom is 0.316 e. The molecule has 0 spiro atoms. The summed E-state index contributed by atoms with van der Waals surface area (Å²) in [6.45, 7) is 7.51. The van der Waals surface area contributed by atoms with Crippen molar-refractivity contribution in [1.29, 1.82) is 0 Å². The van der Waals surface area contributed by atoms with Crippen LogP contribution in [0.3, 0.4) is 0 Å². The fourth-order valence-corrected chi connectivity index (χ4v) is 3.41. The fraction of sp³-hybridized carbons (Fsp3) is 0.318. The predicted molar refractivity (Wildman–Crippen MR) is 118 cm³/mol. The zero-order valence-electron chi connectivity index (χ0n) is 18.0. The summed E-state index contributed by atoms with van der Waals surface area (Å²) in [5.41, 5.74) is 3.17. The minimum Gasteiger partial charge on any atom is -0.464 e. The Morgan fingerprint density at radius 3 is 2.77 bits per heavy atom. The van der Waals surface area contributed by atoms with Crippen LogP contribution in [0.2, 0.25) is 0 Å². The predicted octanol–water partition coefficient (Wildman–Crippen LogP) is 3.53. The van der Waals surface area contributed by atoms with Gasteiger partial charge in [-0.3, -0.25) is 9.48 Å². The zero-order valence-corrected chi connectivity index (χ0v) is 18.0. The first-order valence-electron chi connectivity index (χ1n) is 10.2. The molecule has 0 aliphatic heterocycles. The fourth-order valence-electron chi connectivity index (χ4n) is 3.41. The van der Waals surface area contributed by atoms with Gasteiger partial charge >= 0.3 is 6.01 Å². The molecular weight excluding hydrogens is 394 g/mol. The molecule has 4 rings (SSSR count). The number of aryl methyl sites for hydroxylation is 1. The van der Waals surface area contributed by atoms with E-state index < -0.39 is 0 Å². The van der Waals surface area contributed by atoms with Gasteiger partial charge in [0.2, 0.25) is 0 Å². The van der Waals surface area contributed by atoms with Crippen LogP contribution in [0.1, 0.15) is 31.1 Å². The van der Waals surface area contributed by atoms with Crippen molar-refractivity contribution < 1.29 is 9.53 Å². The molecule has 0 saturated carbocycles. The summed E-state index contributed by atoms with van der Waals surface area (Å²) in [5, 5.41) is 7.86. The number of hydrogen-bond acceptors (Lipinski definition) is 6. The number of nitrogens with one attached hydrogen (secondary N) is 1. The number of amides is 1. The Kier molecular flexibility index (Phi) is 5.66. The highest BCUT2D eigenvalue weighted by Crippen LogP contribution is 2.29. The highest BCUT2D eigenvalue weighted by molar-refractivity contribution is 6.04. The van der Waals surface area contributed by atoms with Crippen LogP contribution in [0.25, 0.3) is 22.3 Å². The molecule has 160 valence electrons. The molecule has 0 fully saturated rings. The summed E-state index contributed by atoms with van der Waals surface area (Å²) >= 11 is 0. The second kappa shape index (κ2) is 8.55. The maximum atomic E-state index is 12.5. The van der Waals surface area contributed by atoms with Crippen LogP contribution >= 0.6 is 0 Å². The van der Waals surface area contributed by atoms with Gasteiger partial charge in [-0.05, 0) is 25.0 Å². The molecule has 9 heteroatoms. The van der Waals surface area contributed by atoms with Crippen LogP contribution in [0.4, 0.5) is 5.82 Å². The first-order chi connectivity index (χ1) is 14.9. The van der Waals surface area contributed by atoms with E-state index in [2.05, 4.69) is 49.8 Å². The lowest BCUT2D eigenvalue weighted by Gasteiger charge is -2.14. The van der Waals surface area contributed by atoms with Crippen molar-refractivity contribution in [2.24, 2.45) is 13.0 Å². The third-order valence-electron chi connectivity index (χ3n) is 4.71. The van der Waals surface area contributed by atoms with Gasteiger partial charge in [0, 0.05) is 43.6 Å². The van der Waals surface area contributed by atoms with E-state index in [4.69, 9.17) is 4.74 Å². The van der Waals surface area contributed by atoms with Gasteiger partial charge < -0.3 is 14.6 Å². The highest BCUT2D eigenvalue weighted by Gasteiger charge is 2.16. The van der Waals surface area contributed by atoms with Gasteiger partial charge in [-0.1, -0.05) is 13.8 Å². The lowest BCUT2D eigenvalue weighted by molar-refractivity contribution is 0.102. The molecule has 0 bridgehead atoms. The maximum absolute atomic E-state index is 12.5. The number of fused-ring (bicyclic) bond motifs is 1. The molecule has 0 saturated heterocycles. The van der Waals surface area contributed by atoms with Crippen LogP contribution in [-0.2, 0) is 13.6 Å². The van der Waals surface area contributed by atoms with Crippen LogP contribution < -0.4 is 10.1 Å². The molecule has 0 atom stereocenters. The molecule has 4 aromatic heterocycles. The molecule has 1 amide bonds. The van der Waals surface area contributed by atoms with Crippen molar-refractivity contribution in [2.75, 3.05) is 11.9 Å². The van der Waals surface area contributed by atoms with E-state index in [1.54, 1.807) is 30.3 Å². The smallest absolute Gasteiger partial charge is 0.316 e. The summed E-state index contributed by atoms with van der Waals surface area (Å²) in [6.07, 6.45) is 6.65. The average Bonchev–Trinajstić information content (AvgIpc) is 3.32. The van der Waals surface area contributed by atoms with Crippen LogP contribution in [0.15, 0.2) is 43.0 Å². The molecule has 4 aromatic rings. The third kappa shape index (κ3) is 4.40. The summed E-state index contributed by atoms with van der Waals surface area (Å²) in [4.78, 5) is 25.7. The van der Waals surface area contributed by atoms with E-state index in [1.165, 1.54) is 6.20 Å². The van der Waals surface area contributed by atoms with E-state index in [0.717, 1.165) is 28.8 Å². The van der Waals surface area contributed by atoms with Gasteiger partial charge in [0.1, 0.15) is 5.82 Å². The van der Waals surface area contributed by atoms with Gasteiger partial charge in [-0.15, -0.1) is 0 Å². The second-order valence-corrected chi connectivity index (χ2v) is 7.68. The topological polar surface area (TPSA) is 99.8 Å². The van der Waals surface area contributed by atoms with Crippen molar-refractivity contribution in [1.82, 2.24) is 29.3 Å². The summed E-state index contributed by atoms with van der Waals surface area (Å²) in [5.74, 6) is 0.636. The Balaban J connectivity index is 1.74. The Morgan fingerprint density at radius 2 is 2.06 bits per heavy atom. The number of carbonyl (C=O) groups excluding carboxylic acids is 1. The van der Waals surface area contributed by atoms with Gasteiger partial charge in [-0.2, -0.15) is 10.1 Å². The third-order valence-corrected chi connectivity index (χ3v) is 4.71.